The van der Waals surface area contributed by atoms with E-state index in [1.807, 2.05) is 50.3 Å². The Morgan fingerprint density at radius 2 is 1.44 bits per heavy atom. The maximum atomic E-state index is 11.8. The highest BCUT2D eigenvalue weighted by molar-refractivity contribution is 6.01. The van der Waals surface area contributed by atoms with E-state index in [1.54, 1.807) is 24.7 Å². The third-order valence-electron chi connectivity index (χ3n) is 10.3. The maximum absolute atomic E-state index is 11.8. The van der Waals surface area contributed by atoms with Crippen LogP contribution in [0.2, 0.25) is 0 Å². The van der Waals surface area contributed by atoms with Gasteiger partial charge in [0.2, 0.25) is 0 Å². The summed E-state index contributed by atoms with van der Waals surface area (Å²) in [6, 6.07) is 12.5. The van der Waals surface area contributed by atoms with E-state index in [4.69, 9.17) is 41.7 Å². The lowest BCUT2D eigenvalue weighted by molar-refractivity contribution is -0.271. The monoisotopic (exact) mass is 708 g/mol. The third kappa shape index (κ3) is 6.78. The SMILES string of the molecule is C/C(=C\COC1=CC2(Oc3cc4occc4cc31)OC(CC/C(C)=C/COc1c3ccoc3cc3oc(=O)ccc13)C(C)(C)O2)CCC1OC1(C)C. The molecule has 5 aromatic rings. The summed E-state index contributed by atoms with van der Waals surface area (Å²) in [7, 11) is 0. The van der Waals surface area contributed by atoms with Gasteiger partial charge in [0.15, 0.2) is 0 Å². The maximum Gasteiger partial charge on any atom is 0.354 e. The van der Waals surface area contributed by atoms with Gasteiger partial charge in [-0.1, -0.05) is 11.1 Å². The zero-order valence-corrected chi connectivity index (χ0v) is 30.4. The number of rotatable bonds is 12. The van der Waals surface area contributed by atoms with Gasteiger partial charge in [-0.05, 0) is 104 Å². The Hall–Kier alpha value is -4.77. The van der Waals surface area contributed by atoms with Crippen molar-refractivity contribution < 1.29 is 41.7 Å². The second-order valence-electron chi connectivity index (χ2n) is 15.0. The van der Waals surface area contributed by atoms with Crippen molar-refractivity contribution in [3.63, 3.8) is 0 Å². The van der Waals surface area contributed by atoms with Crippen LogP contribution in [0.1, 0.15) is 72.8 Å². The molecule has 3 aliphatic heterocycles. The predicted molar refractivity (Wildman–Crippen MR) is 196 cm³/mol. The molecular formula is C42H44O10. The summed E-state index contributed by atoms with van der Waals surface area (Å²) in [5.41, 5.74) is 3.80. The molecule has 0 radical (unpaired) electrons. The van der Waals surface area contributed by atoms with E-state index < -0.39 is 17.2 Å². The van der Waals surface area contributed by atoms with Crippen LogP contribution in [0.4, 0.5) is 0 Å². The molecule has 0 aliphatic carbocycles. The van der Waals surface area contributed by atoms with E-state index in [0.717, 1.165) is 41.2 Å². The zero-order valence-electron chi connectivity index (χ0n) is 30.4. The number of fused-ring (bicyclic) bond motifs is 4. The Labute approximate surface area is 301 Å². The molecular weight excluding hydrogens is 664 g/mol. The topological polar surface area (TPSA) is 115 Å². The molecule has 10 heteroatoms. The first-order valence-corrected chi connectivity index (χ1v) is 17.9. The molecule has 2 aromatic carbocycles. The van der Waals surface area contributed by atoms with Crippen molar-refractivity contribution >= 4 is 38.7 Å². The number of hydrogen-bond acceptors (Lipinski definition) is 10. The van der Waals surface area contributed by atoms with Crippen LogP contribution in [0.15, 0.2) is 102 Å². The standard InChI is InChI=1S/C42H44O10/c1-25(7-10-36-40(3,4)50-36)13-17-46-35-24-42(49-34-22-31-27(15-19-44-31)21-30(34)35)51-37(41(5,6)52-42)11-8-26(2)14-18-47-39-28-9-12-38(43)48-33(28)23-32-29(39)16-20-45-32/h9,12-16,19-24,36-37H,7-8,10-11,17-18H2,1-6H3/b25-13+,26-14+. The van der Waals surface area contributed by atoms with E-state index in [0.29, 0.717) is 65.1 Å². The van der Waals surface area contributed by atoms with Gasteiger partial charge in [-0.3, -0.25) is 0 Å². The van der Waals surface area contributed by atoms with Crippen LogP contribution >= 0.6 is 0 Å². The van der Waals surface area contributed by atoms with E-state index >= 15 is 0 Å². The van der Waals surface area contributed by atoms with Crippen LogP contribution in [0.25, 0.3) is 38.7 Å². The van der Waals surface area contributed by atoms with Crippen molar-refractivity contribution in [2.75, 3.05) is 13.2 Å². The molecule has 272 valence electrons. The number of furan rings is 2. The molecule has 1 spiro atoms. The second-order valence-corrected chi connectivity index (χ2v) is 15.0. The fourth-order valence-corrected chi connectivity index (χ4v) is 7.09. The molecule has 2 fully saturated rings. The summed E-state index contributed by atoms with van der Waals surface area (Å²) in [6.07, 6.45) is 12.6. The van der Waals surface area contributed by atoms with Gasteiger partial charge >= 0.3 is 11.6 Å². The Balaban J connectivity index is 0.954. The molecule has 3 atom stereocenters. The lowest BCUT2D eigenvalue weighted by atomic mass is 9.96. The number of epoxide rings is 1. The molecule has 10 nitrogen and oxygen atoms in total. The van der Waals surface area contributed by atoms with E-state index in [1.165, 1.54) is 11.6 Å². The van der Waals surface area contributed by atoms with Gasteiger partial charge in [0.1, 0.15) is 47.2 Å². The average molecular weight is 709 g/mol. The highest BCUT2D eigenvalue weighted by Crippen LogP contribution is 2.48. The van der Waals surface area contributed by atoms with Gasteiger partial charge < -0.3 is 41.7 Å². The van der Waals surface area contributed by atoms with Gasteiger partial charge in [0, 0.05) is 23.6 Å². The first-order valence-electron chi connectivity index (χ1n) is 17.9. The van der Waals surface area contributed by atoms with E-state index in [9.17, 15) is 4.79 Å². The number of benzene rings is 2. The van der Waals surface area contributed by atoms with Gasteiger partial charge in [0.05, 0.1) is 58.3 Å². The zero-order chi connectivity index (χ0) is 36.3. The molecule has 0 bridgehead atoms. The van der Waals surface area contributed by atoms with E-state index in [2.05, 4.69) is 33.8 Å². The summed E-state index contributed by atoms with van der Waals surface area (Å²) in [5, 5.41) is 2.47. The van der Waals surface area contributed by atoms with Crippen molar-refractivity contribution in [1.82, 2.24) is 0 Å². The minimum absolute atomic E-state index is 0.00876. The number of hydrogen-bond donors (Lipinski definition) is 0. The Morgan fingerprint density at radius 1 is 0.769 bits per heavy atom. The Morgan fingerprint density at radius 3 is 2.19 bits per heavy atom. The van der Waals surface area contributed by atoms with Crippen molar-refractivity contribution in [2.45, 2.75) is 96.6 Å². The van der Waals surface area contributed by atoms with Crippen LogP contribution < -0.4 is 15.1 Å². The lowest BCUT2D eigenvalue weighted by Crippen LogP contribution is -2.40. The van der Waals surface area contributed by atoms with Crippen LogP contribution in [-0.4, -0.2) is 42.6 Å². The Kier molecular flexibility index (Phi) is 8.59. The molecule has 0 amide bonds. The fourth-order valence-electron chi connectivity index (χ4n) is 7.09. The van der Waals surface area contributed by atoms with Gasteiger partial charge in [0.25, 0.3) is 0 Å². The Bertz CT molecular complexity index is 2300. The van der Waals surface area contributed by atoms with Crippen molar-refractivity contribution in [2.24, 2.45) is 0 Å². The molecule has 0 N–H and O–H groups in total. The molecule has 0 saturated carbocycles. The molecule has 8 rings (SSSR count). The summed E-state index contributed by atoms with van der Waals surface area (Å²) >= 11 is 0. The molecule has 3 unspecified atom stereocenters. The number of allylic oxidation sites excluding steroid dienone is 2. The average Bonchev–Trinajstić information content (AvgIpc) is 3.48. The molecule has 6 heterocycles. The molecule has 3 aromatic heterocycles. The summed E-state index contributed by atoms with van der Waals surface area (Å²) in [6.45, 7) is 13.2. The molecule has 2 saturated heterocycles. The first kappa shape index (κ1) is 34.3. The van der Waals surface area contributed by atoms with Crippen LogP contribution in [0.3, 0.4) is 0 Å². The smallest absolute Gasteiger partial charge is 0.354 e. The third-order valence-corrected chi connectivity index (χ3v) is 10.3. The van der Waals surface area contributed by atoms with Crippen molar-refractivity contribution in [3.05, 3.63) is 100 Å². The summed E-state index contributed by atoms with van der Waals surface area (Å²) in [4.78, 5) is 11.8. The predicted octanol–water partition coefficient (Wildman–Crippen LogP) is 9.59. The minimum Gasteiger partial charge on any atom is -0.489 e. The van der Waals surface area contributed by atoms with Gasteiger partial charge in [-0.25, -0.2) is 4.79 Å². The second kappa shape index (κ2) is 13.0. The quantitative estimate of drug-likeness (QED) is 0.0705. The molecule has 3 aliphatic rings. The van der Waals surface area contributed by atoms with Gasteiger partial charge in [-0.15, -0.1) is 0 Å². The number of ether oxygens (including phenoxy) is 6. The summed E-state index contributed by atoms with van der Waals surface area (Å²) < 4.78 is 54.8. The minimum atomic E-state index is -1.47. The normalized spacial score (nSPS) is 23.6. The first-order chi connectivity index (χ1) is 24.9. The van der Waals surface area contributed by atoms with Crippen LogP contribution in [0.5, 0.6) is 11.5 Å². The van der Waals surface area contributed by atoms with Crippen molar-refractivity contribution in [1.29, 1.82) is 0 Å². The van der Waals surface area contributed by atoms with Crippen LogP contribution in [-0.2, 0) is 18.9 Å². The molecule has 52 heavy (non-hydrogen) atoms. The van der Waals surface area contributed by atoms with Crippen molar-refractivity contribution in [3.8, 4) is 11.5 Å². The van der Waals surface area contributed by atoms with Gasteiger partial charge in [-0.2, -0.15) is 0 Å². The highest BCUT2D eigenvalue weighted by Gasteiger charge is 2.55. The van der Waals surface area contributed by atoms with E-state index in [-0.39, 0.29) is 11.7 Å². The highest BCUT2D eigenvalue weighted by atomic mass is 16.9. The fraction of sp³-hybridized carbons (Fsp3) is 0.405. The summed E-state index contributed by atoms with van der Waals surface area (Å²) in [5.74, 6) is 0.338. The largest absolute Gasteiger partial charge is 0.489 e. The lowest BCUT2D eigenvalue weighted by Gasteiger charge is -2.32. The van der Waals surface area contributed by atoms with Crippen LogP contribution in [0, 0.1) is 0 Å².